The van der Waals surface area contributed by atoms with E-state index in [1.807, 2.05) is 18.2 Å². The topological polar surface area (TPSA) is 76.0 Å². The van der Waals surface area contributed by atoms with Crippen molar-refractivity contribution in [2.24, 2.45) is 0 Å². The minimum Gasteiger partial charge on any atom is -0.508 e. The SMILES string of the molecule is O=C(c1ccco1)c1coc2ccc(O)c(CN3CCO[C@H](c4ccccc4)C3)c12. The van der Waals surface area contributed by atoms with Crippen LogP contribution in [0.3, 0.4) is 0 Å². The number of benzene rings is 2. The van der Waals surface area contributed by atoms with Gasteiger partial charge in [-0.3, -0.25) is 9.69 Å². The van der Waals surface area contributed by atoms with Gasteiger partial charge >= 0.3 is 0 Å². The Morgan fingerprint density at radius 1 is 1.07 bits per heavy atom. The number of morpholine rings is 1. The van der Waals surface area contributed by atoms with Gasteiger partial charge in [0.2, 0.25) is 5.78 Å². The Morgan fingerprint density at radius 3 is 2.73 bits per heavy atom. The molecular formula is C24H21NO5. The second kappa shape index (κ2) is 7.82. The minimum atomic E-state index is -0.269. The summed E-state index contributed by atoms with van der Waals surface area (Å²) in [4.78, 5) is 15.1. The summed E-state index contributed by atoms with van der Waals surface area (Å²) in [6, 6.07) is 16.7. The fraction of sp³-hybridized carbons (Fsp3) is 0.208. The van der Waals surface area contributed by atoms with Gasteiger partial charge in [0.25, 0.3) is 0 Å². The van der Waals surface area contributed by atoms with Gasteiger partial charge in [0, 0.05) is 30.6 Å². The Bertz CT molecular complexity index is 1160. The summed E-state index contributed by atoms with van der Waals surface area (Å²) >= 11 is 0. The highest BCUT2D eigenvalue weighted by Gasteiger charge is 2.26. The third-order valence-corrected chi connectivity index (χ3v) is 5.52. The smallest absolute Gasteiger partial charge is 0.232 e. The van der Waals surface area contributed by atoms with E-state index in [-0.39, 0.29) is 23.4 Å². The first-order valence-corrected chi connectivity index (χ1v) is 9.90. The highest BCUT2D eigenvalue weighted by molar-refractivity contribution is 6.15. The molecule has 1 aliphatic rings. The lowest BCUT2D eigenvalue weighted by Gasteiger charge is -2.33. The largest absolute Gasteiger partial charge is 0.508 e. The summed E-state index contributed by atoms with van der Waals surface area (Å²) in [5.74, 6) is 0.109. The van der Waals surface area contributed by atoms with Crippen molar-refractivity contribution < 1.29 is 23.5 Å². The highest BCUT2D eigenvalue weighted by atomic mass is 16.5. The van der Waals surface area contributed by atoms with E-state index in [9.17, 15) is 9.90 Å². The summed E-state index contributed by atoms with van der Waals surface area (Å²) in [5, 5.41) is 11.3. The normalized spacial score (nSPS) is 17.4. The number of hydrogen-bond acceptors (Lipinski definition) is 6. The fourth-order valence-corrected chi connectivity index (χ4v) is 4.00. The highest BCUT2D eigenvalue weighted by Crippen LogP contribution is 2.34. The Hall–Kier alpha value is -3.35. The average Bonchev–Trinajstić information content (AvgIpc) is 3.46. The van der Waals surface area contributed by atoms with Gasteiger partial charge in [-0.2, -0.15) is 0 Å². The molecule has 0 spiro atoms. The lowest BCUT2D eigenvalue weighted by Crippen LogP contribution is -2.37. The number of furan rings is 2. The first kappa shape index (κ1) is 18.7. The Balaban J connectivity index is 1.47. The van der Waals surface area contributed by atoms with Crippen LogP contribution in [0, 0.1) is 0 Å². The van der Waals surface area contributed by atoms with E-state index in [2.05, 4.69) is 17.0 Å². The molecule has 0 saturated carbocycles. The standard InChI is InChI=1S/C24H21NO5/c26-19-8-9-20-23(18(15-30-20)24(27)21-7-4-11-28-21)17(19)13-25-10-12-29-22(14-25)16-5-2-1-3-6-16/h1-9,11,15,22,26H,10,12-14H2/t22-/m0/s1. The van der Waals surface area contributed by atoms with Crippen molar-refractivity contribution in [1.82, 2.24) is 4.90 Å². The zero-order valence-electron chi connectivity index (χ0n) is 16.3. The third-order valence-electron chi connectivity index (χ3n) is 5.52. The number of phenolic OH excluding ortho intramolecular Hbond substituents is 1. The van der Waals surface area contributed by atoms with Gasteiger partial charge in [-0.1, -0.05) is 30.3 Å². The lowest BCUT2D eigenvalue weighted by atomic mass is 10.0. The molecule has 2 aromatic heterocycles. The van der Waals surface area contributed by atoms with Crippen LogP contribution in [-0.4, -0.2) is 35.5 Å². The molecule has 0 bridgehead atoms. The van der Waals surface area contributed by atoms with Crippen molar-refractivity contribution in [3.05, 3.63) is 89.6 Å². The molecule has 0 radical (unpaired) electrons. The predicted octanol–water partition coefficient (Wildman–Crippen LogP) is 4.54. The van der Waals surface area contributed by atoms with Gasteiger partial charge in [-0.05, 0) is 29.8 Å². The van der Waals surface area contributed by atoms with E-state index >= 15 is 0 Å². The van der Waals surface area contributed by atoms with E-state index in [1.54, 1.807) is 24.3 Å². The second-order valence-electron chi connectivity index (χ2n) is 7.40. The summed E-state index contributed by atoms with van der Waals surface area (Å²) < 4.78 is 16.9. The summed E-state index contributed by atoms with van der Waals surface area (Å²) in [6.45, 7) is 2.51. The molecule has 0 amide bonds. The van der Waals surface area contributed by atoms with Gasteiger partial charge in [0.15, 0.2) is 5.76 Å². The number of aromatic hydroxyl groups is 1. The summed E-state index contributed by atoms with van der Waals surface area (Å²) in [5.41, 5.74) is 2.75. The zero-order chi connectivity index (χ0) is 20.5. The van der Waals surface area contributed by atoms with E-state index in [0.717, 1.165) is 12.1 Å². The molecule has 6 nitrogen and oxygen atoms in total. The lowest BCUT2D eigenvalue weighted by molar-refractivity contribution is -0.0329. The monoisotopic (exact) mass is 403 g/mol. The fourth-order valence-electron chi connectivity index (χ4n) is 4.00. The molecule has 6 heteroatoms. The predicted molar refractivity (Wildman–Crippen MR) is 110 cm³/mol. The molecule has 4 aromatic rings. The zero-order valence-corrected chi connectivity index (χ0v) is 16.3. The van der Waals surface area contributed by atoms with Gasteiger partial charge in [0.1, 0.15) is 17.6 Å². The Morgan fingerprint density at radius 2 is 1.93 bits per heavy atom. The molecule has 0 unspecified atom stereocenters. The van der Waals surface area contributed by atoms with E-state index in [4.69, 9.17) is 13.6 Å². The van der Waals surface area contributed by atoms with E-state index in [1.165, 1.54) is 12.5 Å². The van der Waals surface area contributed by atoms with Gasteiger partial charge in [0.05, 0.1) is 24.5 Å². The quantitative estimate of drug-likeness (QED) is 0.493. The Labute approximate surface area is 173 Å². The van der Waals surface area contributed by atoms with Crippen molar-refractivity contribution in [2.45, 2.75) is 12.6 Å². The van der Waals surface area contributed by atoms with Gasteiger partial charge in [-0.15, -0.1) is 0 Å². The van der Waals surface area contributed by atoms with Crippen LogP contribution in [0.15, 0.2) is 76.0 Å². The number of phenols is 1. The average molecular weight is 403 g/mol. The summed E-state index contributed by atoms with van der Waals surface area (Å²) in [6.07, 6.45) is 2.87. The number of nitrogens with zero attached hydrogens (tertiary/aromatic N) is 1. The molecule has 3 heterocycles. The molecule has 1 fully saturated rings. The molecule has 5 rings (SSSR count). The van der Waals surface area contributed by atoms with Crippen LogP contribution in [0.5, 0.6) is 5.75 Å². The van der Waals surface area contributed by atoms with E-state index in [0.29, 0.717) is 41.8 Å². The summed E-state index contributed by atoms with van der Waals surface area (Å²) in [7, 11) is 0. The van der Waals surface area contributed by atoms with Crippen LogP contribution < -0.4 is 0 Å². The van der Waals surface area contributed by atoms with E-state index < -0.39 is 0 Å². The first-order chi connectivity index (χ1) is 14.7. The number of hydrogen-bond donors (Lipinski definition) is 1. The van der Waals surface area contributed by atoms with Crippen molar-refractivity contribution in [3.8, 4) is 5.75 Å². The molecule has 1 N–H and O–H groups in total. The first-order valence-electron chi connectivity index (χ1n) is 9.90. The van der Waals surface area contributed by atoms with Crippen LogP contribution >= 0.6 is 0 Å². The number of carbonyl (C=O) groups excluding carboxylic acids is 1. The number of fused-ring (bicyclic) bond motifs is 1. The van der Waals surface area contributed by atoms with Crippen LogP contribution in [0.25, 0.3) is 11.0 Å². The molecule has 1 atom stereocenters. The molecule has 0 aliphatic carbocycles. The van der Waals surface area contributed by atoms with Crippen LogP contribution in [0.1, 0.15) is 33.3 Å². The number of rotatable bonds is 5. The molecule has 1 saturated heterocycles. The van der Waals surface area contributed by atoms with Gasteiger partial charge < -0.3 is 18.7 Å². The van der Waals surface area contributed by atoms with Crippen molar-refractivity contribution in [2.75, 3.05) is 19.7 Å². The molecule has 1 aliphatic heterocycles. The van der Waals surface area contributed by atoms with Crippen molar-refractivity contribution in [3.63, 3.8) is 0 Å². The molecule has 30 heavy (non-hydrogen) atoms. The van der Waals surface area contributed by atoms with Crippen molar-refractivity contribution in [1.29, 1.82) is 0 Å². The second-order valence-corrected chi connectivity index (χ2v) is 7.40. The minimum absolute atomic E-state index is 0.0325. The maximum Gasteiger partial charge on any atom is 0.232 e. The third kappa shape index (κ3) is 3.40. The number of ether oxygens (including phenoxy) is 1. The molecule has 152 valence electrons. The number of ketones is 1. The Kier molecular flexibility index (Phi) is 4.86. The van der Waals surface area contributed by atoms with Crippen LogP contribution in [0.2, 0.25) is 0 Å². The molecular weight excluding hydrogens is 382 g/mol. The number of carbonyl (C=O) groups is 1. The van der Waals surface area contributed by atoms with Gasteiger partial charge in [-0.25, -0.2) is 0 Å². The van der Waals surface area contributed by atoms with Crippen LogP contribution in [0.4, 0.5) is 0 Å². The van der Waals surface area contributed by atoms with Crippen molar-refractivity contribution >= 4 is 16.8 Å². The maximum absolute atomic E-state index is 12.9. The maximum atomic E-state index is 12.9. The van der Waals surface area contributed by atoms with Crippen LogP contribution in [-0.2, 0) is 11.3 Å². The molecule has 2 aromatic carbocycles.